The minimum absolute atomic E-state index is 0.0238. The number of rotatable bonds is 9. The van der Waals surface area contributed by atoms with Gasteiger partial charge < -0.3 is 19.9 Å². The van der Waals surface area contributed by atoms with Gasteiger partial charge in [0.1, 0.15) is 0 Å². The van der Waals surface area contributed by atoms with Gasteiger partial charge in [-0.25, -0.2) is 4.79 Å². The molecule has 2 bridgehead atoms. The van der Waals surface area contributed by atoms with E-state index >= 15 is 0 Å². The fraction of sp³-hybridized carbons (Fsp3) is 0.733. The molecule has 2 unspecified atom stereocenters. The fourth-order valence-corrected chi connectivity index (χ4v) is 7.49. The van der Waals surface area contributed by atoms with Gasteiger partial charge in [0.2, 0.25) is 5.91 Å². The highest BCUT2D eigenvalue weighted by Crippen LogP contribution is 2.47. The number of hydrogen-bond acceptors (Lipinski definition) is 4. The van der Waals surface area contributed by atoms with Crippen LogP contribution in [0.25, 0.3) is 0 Å². The van der Waals surface area contributed by atoms with E-state index < -0.39 is 0 Å². The molecule has 1 N–H and O–H groups in total. The molecular weight excluding hydrogens is 464 g/mol. The maximum Gasteiger partial charge on any atom is 0.320 e. The minimum atomic E-state index is -0.0266. The first-order chi connectivity index (χ1) is 17.9. The number of carbonyl (C=O) groups is 2. The molecule has 4 aliphatic rings. The molecule has 7 nitrogen and oxygen atoms in total. The van der Waals surface area contributed by atoms with Crippen LogP contribution < -0.4 is 5.32 Å². The normalized spacial score (nSPS) is 29.5. The monoisotopic (exact) mass is 510 g/mol. The van der Waals surface area contributed by atoms with Crippen molar-refractivity contribution >= 4 is 11.9 Å². The van der Waals surface area contributed by atoms with Crippen LogP contribution in [-0.4, -0.2) is 83.7 Å². The van der Waals surface area contributed by atoms with Crippen LogP contribution in [0, 0.1) is 11.8 Å². The van der Waals surface area contributed by atoms with Crippen molar-refractivity contribution in [2.45, 2.75) is 89.4 Å². The molecule has 0 aromatic heterocycles. The van der Waals surface area contributed by atoms with Crippen LogP contribution in [-0.2, 0) is 9.53 Å². The van der Waals surface area contributed by atoms with E-state index in [2.05, 4.69) is 51.2 Å². The number of likely N-dealkylation sites (N-methyl/N-ethyl adjacent to an activating group) is 1. The van der Waals surface area contributed by atoms with Crippen molar-refractivity contribution in [1.29, 1.82) is 0 Å². The Morgan fingerprint density at radius 1 is 1.08 bits per heavy atom. The lowest BCUT2D eigenvalue weighted by Gasteiger charge is -2.48. The van der Waals surface area contributed by atoms with E-state index in [0.717, 1.165) is 71.5 Å². The summed E-state index contributed by atoms with van der Waals surface area (Å²) in [5, 5.41) is 3.30. The molecule has 4 saturated heterocycles. The van der Waals surface area contributed by atoms with E-state index in [0.29, 0.717) is 18.0 Å². The van der Waals surface area contributed by atoms with Crippen molar-refractivity contribution < 1.29 is 14.3 Å². The van der Waals surface area contributed by atoms with Gasteiger partial charge in [0.25, 0.3) is 0 Å². The zero-order valence-electron chi connectivity index (χ0n) is 23.0. The predicted octanol–water partition coefficient (Wildman–Crippen LogP) is 4.44. The Bertz CT molecular complexity index is 918. The lowest BCUT2D eigenvalue weighted by Crippen LogP contribution is -2.58. The molecular formula is C30H46N4O3. The summed E-state index contributed by atoms with van der Waals surface area (Å²) in [6.45, 7) is 11.3. The van der Waals surface area contributed by atoms with Crippen LogP contribution in [0.5, 0.6) is 0 Å². The zero-order valence-corrected chi connectivity index (χ0v) is 23.0. The van der Waals surface area contributed by atoms with Gasteiger partial charge in [0.15, 0.2) is 0 Å². The Morgan fingerprint density at radius 2 is 1.76 bits per heavy atom. The van der Waals surface area contributed by atoms with E-state index in [-0.39, 0.29) is 29.4 Å². The summed E-state index contributed by atoms with van der Waals surface area (Å²) in [5.74, 6) is 0.655. The van der Waals surface area contributed by atoms with Crippen molar-refractivity contribution in [3.05, 3.63) is 35.9 Å². The summed E-state index contributed by atoms with van der Waals surface area (Å²) in [7, 11) is 0. The van der Waals surface area contributed by atoms with Crippen LogP contribution in [0.4, 0.5) is 4.79 Å². The summed E-state index contributed by atoms with van der Waals surface area (Å²) in [5.41, 5.74) is 1.16. The van der Waals surface area contributed by atoms with Crippen molar-refractivity contribution in [3.8, 4) is 0 Å². The summed E-state index contributed by atoms with van der Waals surface area (Å²) < 4.78 is 5.55. The van der Waals surface area contributed by atoms with Gasteiger partial charge in [0, 0.05) is 57.4 Å². The second-order valence-corrected chi connectivity index (χ2v) is 12.1. The Kier molecular flexibility index (Phi) is 8.10. The van der Waals surface area contributed by atoms with E-state index in [4.69, 9.17) is 4.74 Å². The number of piperidine rings is 1. The Hall–Kier alpha value is -2.12. The summed E-state index contributed by atoms with van der Waals surface area (Å²) in [4.78, 5) is 33.2. The quantitative estimate of drug-likeness (QED) is 0.534. The third-order valence-electron chi connectivity index (χ3n) is 9.42. The number of benzene rings is 1. The van der Waals surface area contributed by atoms with Crippen molar-refractivity contribution in [2.75, 3.05) is 39.4 Å². The number of fused-ring (bicyclic) bond motifs is 2. The summed E-state index contributed by atoms with van der Waals surface area (Å²) in [6, 6.07) is 11.7. The molecule has 1 aromatic rings. The first-order valence-corrected chi connectivity index (χ1v) is 14.7. The van der Waals surface area contributed by atoms with Gasteiger partial charge in [-0.05, 0) is 63.4 Å². The number of carbonyl (C=O) groups excluding carboxylic acids is 2. The topological polar surface area (TPSA) is 65.1 Å². The lowest BCUT2D eigenvalue weighted by atomic mass is 9.81. The lowest BCUT2D eigenvalue weighted by molar-refractivity contribution is -0.124. The van der Waals surface area contributed by atoms with E-state index in [1.807, 2.05) is 19.9 Å². The Balaban J connectivity index is 1.25. The molecule has 7 heteroatoms. The maximum absolute atomic E-state index is 13.5. The van der Waals surface area contributed by atoms with Crippen molar-refractivity contribution in [3.63, 3.8) is 0 Å². The van der Waals surface area contributed by atoms with Crippen LogP contribution in [0.15, 0.2) is 30.3 Å². The second-order valence-electron chi connectivity index (χ2n) is 12.1. The smallest absolute Gasteiger partial charge is 0.320 e. The van der Waals surface area contributed by atoms with Crippen LogP contribution in [0.3, 0.4) is 0 Å². The first-order valence-electron chi connectivity index (χ1n) is 14.7. The molecule has 1 aromatic carbocycles. The number of amides is 3. The van der Waals surface area contributed by atoms with E-state index in [1.54, 1.807) is 0 Å². The molecule has 0 aliphatic carbocycles. The third kappa shape index (κ3) is 5.53. The van der Waals surface area contributed by atoms with Crippen LogP contribution >= 0.6 is 0 Å². The molecule has 4 heterocycles. The number of hydrogen-bond donors (Lipinski definition) is 1. The largest absolute Gasteiger partial charge is 0.381 e. The molecule has 0 saturated carbocycles. The first kappa shape index (κ1) is 26.5. The van der Waals surface area contributed by atoms with Crippen LogP contribution in [0.1, 0.15) is 77.3 Å². The standard InChI is InChI=1S/C30H46N4O3/c1-4-34-29(36)32(20-23-13-16-37-17-14-23)21-30(34)18-25-10-11-26(19-30)33(25)15-12-27(31-28(35)22(2)3)24-8-6-5-7-9-24/h5-9,22-23,25-27H,4,10-21H2,1-3H3,(H,31,35)/t25?,26?,27-,30?/m0/s1. The minimum Gasteiger partial charge on any atom is -0.381 e. The zero-order chi connectivity index (χ0) is 26.0. The Labute approximate surface area is 222 Å². The predicted molar refractivity (Wildman–Crippen MR) is 145 cm³/mol. The van der Waals surface area contributed by atoms with Crippen molar-refractivity contribution in [1.82, 2.24) is 20.0 Å². The van der Waals surface area contributed by atoms with E-state index in [9.17, 15) is 9.59 Å². The number of urea groups is 1. The number of nitrogens with zero attached hydrogens (tertiary/aromatic N) is 3. The van der Waals surface area contributed by atoms with Crippen LogP contribution in [0.2, 0.25) is 0 Å². The van der Waals surface area contributed by atoms with Gasteiger partial charge in [-0.2, -0.15) is 0 Å². The molecule has 1 spiro atoms. The third-order valence-corrected chi connectivity index (χ3v) is 9.42. The average Bonchev–Trinajstić information content (AvgIpc) is 3.30. The van der Waals surface area contributed by atoms with Crippen molar-refractivity contribution in [2.24, 2.45) is 11.8 Å². The second kappa shape index (κ2) is 11.3. The van der Waals surface area contributed by atoms with Gasteiger partial charge >= 0.3 is 6.03 Å². The highest BCUT2D eigenvalue weighted by Gasteiger charge is 2.56. The molecule has 0 radical (unpaired) electrons. The summed E-state index contributed by atoms with van der Waals surface area (Å²) >= 11 is 0. The number of nitrogens with one attached hydrogen (secondary N) is 1. The van der Waals surface area contributed by atoms with E-state index in [1.165, 1.54) is 18.4 Å². The molecule has 3 amide bonds. The molecule has 4 fully saturated rings. The Morgan fingerprint density at radius 3 is 2.38 bits per heavy atom. The maximum atomic E-state index is 13.5. The molecule has 37 heavy (non-hydrogen) atoms. The highest BCUT2D eigenvalue weighted by molar-refractivity contribution is 5.79. The summed E-state index contributed by atoms with van der Waals surface area (Å²) in [6.07, 6.45) is 7.62. The highest BCUT2D eigenvalue weighted by atomic mass is 16.5. The molecule has 5 rings (SSSR count). The number of ether oxygens (including phenoxy) is 1. The fourth-order valence-electron chi connectivity index (χ4n) is 7.49. The SMILES string of the molecule is CCN1C(=O)N(CC2CCOCC2)CC12CC1CCC(C2)N1CC[C@H](NC(=O)C(C)C)c1ccccc1. The van der Waals surface area contributed by atoms with Gasteiger partial charge in [-0.1, -0.05) is 44.2 Å². The van der Waals surface area contributed by atoms with Gasteiger partial charge in [-0.15, -0.1) is 0 Å². The molecule has 204 valence electrons. The molecule has 4 aliphatic heterocycles. The molecule has 3 atom stereocenters. The van der Waals surface area contributed by atoms with Gasteiger partial charge in [-0.3, -0.25) is 9.69 Å². The average molecular weight is 511 g/mol. The van der Waals surface area contributed by atoms with Gasteiger partial charge in [0.05, 0.1) is 11.6 Å².